The smallest absolute Gasteiger partial charge is 0.404 e. The van der Waals surface area contributed by atoms with Gasteiger partial charge in [0.2, 0.25) is 0 Å². The first-order chi connectivity index (χ1) is 19.4. The van der Waals surface area contributed by atoms with Crippen molar-refractivity contribution in [3.8, 4) is 11.3 Å². The molecule has 1 fully saturated rings. The van der Waals surface area contributed by atoms with E-state index in [1.807, 2.05) is 25.7 Å². The second kappa shape index (κ2) is 12.2. The number of carbonyl (C=O) groups is 3. The minimum absolute atomic E-state index is 0.0401. The number of rotatable bonds is 7. The van der Waals surface area contributed by atoms with Crippen LogP contribution in [0.1, 0.15) is 41.6 Å². The Kier molecular flexibility index (Phi) is 8.67. The maximum absolute atomic E-state index is 14.8. The number of nitrogens with two attached hydrogens (primary N) is 2. The first-order valence-corrected chi connectivity index (χ1v) is 13.1. The molecule has 0 radical (unpaired) electrons. The highest BCUT2D eigenvalue weighted by Gasteiger charge is 2.34. The third-order valence-electron chi connectivity index (χ3n) is 6.76. The van der Waals surface area contributed by atoms with Gasteiger partial charge in [0.15, 0.2) is 5.69 Å². The fourth-order valence-corrected chi connectivity index (χ4v) is 4.87. The second-order valence-corrected chi connectivity index (χ2v) is 10.3. The van der Waals surface area contributed by atoms with E-state index < -0.39 is 29.9 Å². The van der Waals surface area contributed by atoms with Gasteiger partial charge in [-0.1, -0.05) is 6.92 Å². The molecule has 8 N–H and O–H groups in total. The van der Waals surface area contributed by atoms with Crippen molar-refractivity contribution in [2.75, 3.05) is 29.0 Å². The highest BCUT2D eigenvalue weighted by atomic mass is 19.1. The predicted octanol–water partition coefficient (Wildman–Crippen LogP) is 2.68. The van der Waals surface area contributed by atoms with Crippen LogP contribution in [0.5, 0.6) is 0 Å². The van der Waals surface area contributed by atoms with E-state index in [0.29, 0.717) is 24.5 Å². The van der Waals surface area contributed by atoms with Gasteiger partial charge in [-0.05, 0) is 56.2 Å². The van der Waals surface area contributed by atoms with E-state index in [2.05, 4.69) is 25.9 Å². The number of nitrogens with zero attached hydrogens (tertiary/aromatic N) is 3. The van der Waals surface area contributed by atoms with Gasteiger partial charge in [0.1, 0.15) is 5.82 Å². The van der Waals surface area contributed by atoms with Crippen molar-refractivity contribution < 1.29 is 23.9 Å². The standard InChI is InChI=1S/C28H33FN8O4/c1-14(2)33-26(38)16-4-5-18(29)17(10-16)21-7-6-19(30)25(34-21)27(39)35-22-11-32-9-8-23(22)37-12-15(3)24(20(31)13-37)36-28(40)41/h4-11,14-15,20,24,36H,12-13,30-31H2,1-3H3,(H,33,38)(H,35,39)(H,40,41)/t15-,20+,24-/m0/s1. The van der Waals surface area contributed by atoms with Gasteiger partial charge in [0.25, 0.3) is 11.8 Å². The van der Waals surface area contributed by atoms with Crippen molar-refractivity contribution in [1.82, 2.24) is 20.6 Å². The Morgan fingerprint density at radius 1 is 1.12 bits per heavy atom. The minimum atomic E-state index is -1.14. The number of pyridine rings is 2. The quantitative estimate of drug-likeness (QED) is 0.251. The van der Waals surface area contributed by atoms with E-state index in [0.717, 1.165) is 0 Å². The average molecular weight is 565 g/mol. The Labute approximate surface area is 236 Å². The molecule has 0 bridgehead atoms. The molecule has 216 valence electrons. The summed E-state index contributed by atoms with van der Waals surface area (Å²) in [6.45, 7) is 6.33. The van der Waals surface area contributed by atoms with Crippen molar-refractivity contribution in [2.45, 2.75) is 38.9 Å². The lowest BCUT2D eigenvalue weighted by Gasteiger charge is -2.42. The van der Waals surface area contributed by atoms with Crippen LogP contribution in [0.3, 0.4) is 0 Å². The Balaban J connectivity index is 1.59. The number of benzene rings is 1. The Bertz CT molecular complexity index is 1450. The molecule has 1 aliphatic heterocycles. The number of anilines is 3. The van der Waals surface area contributed by atoms with Gasteiger partial charge in [-0.3, -0.25) is 14.6 Å². The summed E-state index contributed by atoms with van der Waals surface area (Å²) in [4.78, 5) is 47.4. The molecule has 0 unspecified atom stereocenters. The third-order valence-corrected chi connectivity index (χ3v) is 6.76. The largest absolute Gasteiger partial charge is 0.465 e. The fraction of sp³-hybridized carbons (Fsp3) is 0.321. The van der Waals surface area contributed by atoms with Gasteiger partial charge in [-0.2, -0.15) is 0 Å². The van der Waals surface area contributed by atoms with Crippen LogP contribution in [0, 0.1) is 11.7 Å². The third kappa shape index (κ3) is 6.69. The number of nitrogens with one attached hydrogen (secondary N) is 3. The molecule has 1 saturated heterocycles. The summed E-state index contributed by atoms with van der Waals surface area (Å²) in [7, 11) is 0. The zero-order valence-corrected chi connectivity index (χ0v) is 22.9. The fourth-order valence-electron chi connectivity index (χ4n) is 4.87. The number of nitrogen functional groups attached to an aromatic ring is 1. The van der Waals surface area contributed by atoms with Gasteiger partial charge in [-0.25, -0.2) is 14.2 Å². The Morgan fingerprint density at radius 2 is 1.88 bits per heavy atom. The molecule has 12 nitrogen and oxygen atoms in total. The van der Waals surface area contributed by atoms with E-state index in [1.54, 1.807) is 12.3 Å². The van der Waals surface area contributed by atoms with E-state index in [9.17, 15) is 18.8 Å². The van der Waals surface area contributed by atoms with Crippen molar-refractivity contribution in [3.05, 3.63) is 65.9 Å². The molecular weight excluding hydrogens is 531 g/mol. The van der Waals surface area contributed by atoms with Crippen LogP contribution in [0.15, 0.2) is 48.8 Å². The molecule has 2 aromatic heterocycles. The van der Waals surface area contributed by atoms with E-state index >= 15 is 0 Å². The highest BCUT2D eigenvalue weighted by molar-refractivity contribution is 6.08. The number of hydrogen-bond acceptors (Lipinski definition) is 8. The number of halogens is 1. The molecule has 41 heavy (non-hydrogen) atoms. The highest BCUT2D eigenvalue weighted by Crippen LogP contribution is 2.30. The molecule has 13 heteroatoms. The normalized spacial score (nSPS) is 18.6. The molecule has 3 atom stereocenters. The van der Waals surface area contributed by atoms with Crippen LogP contribution in [0.2, 0.25) is 0 Å². The maximum Gasteiger partial charge on any atom is 0.404 e. The summed E-state index contributed by atoms with van der Waals surface area (Å²) in [5.41, 5.74) is 13.7. The molecular formula is C28H33FN8O4. The number of carboxylic acid groups (broad SMARTS) is 1. The molecule has 4 rings (SSSR count). The summed E-state index contributed by atoms with van der Waals surface area (Å²) in [5, 5.41) is 17.2. The number of amides is 3. The number of aromatic nitrogens is 2. The van der Waals surface area contributed by atoms with Gasteiger partial charge < -0.3 is 37.4 Å². The zero-order chi connectivity index (χ0) is 29.8. The van der Waals surface area contributed by atoms with Gasteiger partial charge in [-0.15, -0.1) is 0 Å². The SMILES string of the molecule is CC(C)NC(=O)c1ccc(F)c(-c2ccc(N)c(C(=O)Nc3cnccc3N3C[C@@H](N)[C@@H](NC(=O)O)[C@@H](C)C3)n2)c1. The molecule has 0 saturated carbocycles. The summed E-state index contributed by atoms with van der Waals surface area (Å²) in [5.74, 6) is -1.74. The number of piperidine rings is 1. The zero-order valence-electron chi connectivity index (χ0n) is 22.9. The summed E-state index contributed by atoms with van der Waals surface area (Å²) < 4.78 is 14.8. The second-order valence-electron chi connectivity index (χ2n) is 10.3. The molecule has 1 aromatic carbocycles. The van der Waals surface area contributed by atoms with Crippen molar-refractivity contribution in [3.63, 3.8) is 0 Å². The lowest BCUT2D eigenvalue weighted by atomic mass is 9.90. The monoisotopic (exact) mass is 564 g/mol. The topological polar surface area (TPSA) is 189 Å². The number of hydrogen-bond donors (Lipinski definition) is 6. The van der Waals surface area contributed by atoms with Crippen molar-refractivity contribution >= 4 is 35.0 Å². The van der Waals surface area contributed by atoms with Gasteiger partial charge in [0.05, 0.1) is 35.0 Å². The van der Waals surface area contributed by atoms with Crippen LogP contribution in [-0.2, 0) is 0 Å². The van der Waals surface area contributed by atoms with Crippen molar-refractivity contribution in [1.29, 1.82) is 0 Å². The Hall–Kier alpha value is -4.78. The minimum Gasteiger partial charge on any atom is -0.465 e. The number of carbonyl (C=O) groups excluding carboxylic acids is 2. The van der Waals surface area contributed by atoms with E-state index in [4.69, 9.17) is 16.6 Å². The first kappa shape index (κ1) is 29.2. The van der Waals surface area contributed by atoms with Crippen LogP contribution in [-0.4, -0.2) is 64.2 Å². The molecule has 0 aliphatic carbocycles. The molecule has 0 spiro atoms. The van der Waals surface area contributed by atoms with E-state index in [1.165, 1.54) is 36.5 Å². The first-order valence-electron chi connectivity index (χ1n) is 13.1. The van der Waals surface area contributed by atoms with Crippen LogP contribution < -0.4 is 32.3 Å². The molecule has 3 aromatic rings. The molecule has 3 heterocycles. The van der Waals surface area contributed by atoms with Crippen LogP contribution in [0.25, 0.3) is 11.3 Å². The predicted molar refractivity (Wildman–Crippen MR) is 153 cm³/mol. The average Bonchev–Trinajstić information content (AvgIpc) is 2.91. The van der Waals surface area contributed by atoms with Crippen molar-refractivity contribution in [2.24, 2.45) is 11.7 Å². The summed E-state index contributed by atoms with van der Waals surface area (Å²) in [6, 6.07) is 7.54. The van der Waals surface area contributed by atoms with Gasteiger partial charge >= 0.3 is 6.09 Å². The summed E-state index contributed by atoms with van der Waals surface area (Å²) >= 11 is 0. The van der Waals surface area contributed by atoms with Crippen LogP contribution >= 0.6 is 0 Å². The lowest BCUT2D eigenvalue weighted by Crippen LogP contribution is -2.61. The van der Waals surface area contributed by atoms with Crippen LogP contribution in [0.4, 0.5) is 26.2 Å². The maximum atomic E-state index is 14.8. The van der Waals surface area contributed by atoms with E-state index in [-0.39, 0.29) is 46.1 Å². The molecule has 3 amide bonds. The lowest BCUT2D eigenvalue weighted by molar-refractivity contribution is 0.0942. The molecule has 1 aliphatic rings. The summed E-state index contributed by atoms with van der Waals surface area (Å²) in [6.07, 6.45) is 1.91. The Morgan fingerprint density at radius 3 is 2.56 bits per heavy atom. The van der Waals surface area contributed by atoms with Gasteiger partial charge in [0, 0.05) is 42.5 Å².